The molecule has 0 amide bonds. The van der Waals surface area contributed by atoms with Crippen LogP contribution in [0.3, 0.4) is 0 Å². The molecule has 0 aliphatic rings. The van der Waals surface area contributed by atoms with Gasteiger partial charge in [0.2, 0.25) is 5.95 Å². The Labute approximate surface area is 119 Å². The zero-order valence-corrected chi connectivity index (χ0v) is 12.1. The van der Waals surface area contributed by atoms with E-state index in [0.29, 0.717) is 23.0 Å². The Balaban J connectivity index is 2.41. The van der Waals surface area contributed by atoms with E-state index in [1.807, 2.05) is 19.1 Å². The molecule has 96 valence electrons. The van der Waals surface area contributed by atoms with Gasteiger partial charge in [-0.1, -0.05) is 15.9 Å². The lowest BCUT2D eigenvalue weighted by molar-refractivity contribution is 1.12. The number of rotatable bonds is 3. The lowest BCUT2D eigenvalue weighted by Gasteiger charge is -2.11. The van der Waals surface area contributed by atoms with Crippen molar-refractivity contribution in [3.8, 4) is 6.07 Å². The molecule has 1 aromatic heterocycles. The normalized spacial score (nSPS) is 9.79. The summed E-state index contributed by atoms with van der Waals surface area (Å²) in [4.78, 5) is 8.46. The summed E-state index contributed by atoms with van der Waals surface area (Å²) >= 11 is 3.39. The molecule has 0 unspecified atom stereocenters. The van der Waals surface area contributed by atoms with Crippen LogP contribution in [0.15, 0.2) is 28.9 Å². The maximum atomic E-state index is 9.11. The third-order valence-corrected chi connectivity index (χ3v) is 3.04. The van der Waals surface area contributed by atoms with Crippen LogP contribution >= 0.6 is 15.9 Å². The Morgan fingerprint density at radius 3 is 2.84 bits per heavy atom. The average molecular weight is 318 g/mol. The number of hydrogen-bond donors (Lipinski definition) is 2. The largest absolute Gasteiger partial charge is 0.357 e. The second kappa shape index (κ2) is 5.67. The smallest absolute Gasteiger partial charge is 0.224 e. The highest BCUT2D eigenvalue weighted by atomic mass is 79.9. The predicted octanol–water partition coefficient (Wildman–Crippen LogP) is 3.20. The maximum Gasteiger partial charge on any atom is 0.224 e. The second-order valence-electron chi connectivity index (χ2n) is 3.90. The summed E-state index contributed by atoms with van der Waals surface area (Å²) in [7, 11) is 1.76. The summed E-state index contributed by atoms with van der Waals surface area (Å²) < 4.78 is 0.898. The Morgan fingerprint density at radius 1 is 1.37 bits per heavy atom. The van der Waals surface area contributed by atoms with Crippen molar-refractivity contribution >= 4 is 33.4 Å². The van der Waals surface area contributed by atoms with Crippen molar-refractivity contribution in [3.63, 3.8) is 0 Å². The summed E-state index contributed by atoms with van der Waals surface area (Å²) in [6.07, 6.45) is 1.73. The molecule has 0 aliphatic carbocycles. The minimum absolute atomic E-state index is 0.529. The third kappa shape index (κ3) is 3.01. The molecule has 0 bridgehead atoms. The van der Waals surface area contributed by atoms with E-state index in [9.17, 15) is 0 Å². The van der Waals surface area contributed by atoms with E-state index in [-0.39, 0.29) is 0 Å². The highest BCUT2D eigenvalue weighted by Gasteiger charge is 2.07. The number of nitrogens with one attached hydrogen (secondary N) is 2. The topological polar surface area (TPSA) is 73.6 Å². The molecule has 0 saturated carbocycles. The van der Waals surface area contributed by atoms with E-state index in [2.05, 4.69) is 42.6 Å². The standard InChI is InChI=1S/C13H12BrN5/c1-8-7-17-13(16-2)19-12(8)18-11-5-10(14)4-3-9(11)6-15/h3-5,7H,1-2H3,(H2,16,17,18,19). The van der Waals surface area contributed by atoms with Crippen molar-refractivity contribution in [2.75, 3.05) is 17.7 Å². The van der Waals surface area contributed by atoms with Gasteiger partial charge in [0.25, 0.3) is 0 Å². The van der Waals surface area contributed by atoms with Crippen LogP contribution in [-0.2, 0) is 0 Å². The van der Waals surface area contributed by atoms with Crippen LogP contribution in [0.2, 0.25) is 0 Å². The van der Waals surface area contributed by atoms with Gasteiger partial charge in [-0.25, -0.2) is 4.98 Å². The van der Waals surface area contributed by atoms with Crippen molar-refractivity contribution < 1.29 is 0 Å². The molecule has 1 heterocycles. The van der Waals surface area contributed by atoms with Crippen molar-refractivity contribution in [2.45, 2.75) is 6.92 Å². The first-order valence-corrected chi connectivity index (χ1v) is 6.41. The summed E-state index contributed by atoms with van der Waals surface area (Å²) in [5.41, 5.74) is 2.18. The quantitative estimate of drug-likeness (QED) is 0.909. The number of nitriles is 1. The van der Waals surface area contributed by atoms with E-state index in [0.717, 1.165) is 10.0 Å². The molecule has 0 saturated heterocycles. The summed E-state index contributed by atoms with van der Waals surface area (Å²) in [6.45, 7) is 1.91. The van der Waals surface area contributed by atoms with E-state index >= 15 is 0 Å². The van der Waals surface area contributed by atoms with Gasteiger partial charge in [0.1, 0.15) is 11.9 Å². The minimum Gasteiger partial charge on any atom is -0.357 e. The number of halogens is 1. The molecule has 6 heteroatoms. The first-order valence-electron chi connectivity index (χ1n) is 5.62. The van der Waals surface area contributed by atoms with Gasteiger partial charge in [0.05, 0.1) is 11.3 Å². The van der Waals surface area contributed by atoms with Crippen LogP contribution in [-0.4, -0.2) is 17.0 Å². The van der Waals surface area contributed by atoms with Gasteiger partial charge >= 0.3 is 0 Å². The SMILES string of the molecule is CNc1ncc(C)c(Nc2cc(Br)ccc2C#N)n1. The van der Waals surface area contributed by atoms with Gasteiger partial charge < -0.3 is 10.6 Å². The summed E-state index contributed by atoms with van der Waals surface area (Å²) in [6, 6.07) is 7.58. The lowest BCUT2D eigenvalue weighted by atomic mass is 10.2. The van der Waals surface area contributed by atoms with E-state index in [1.165, 1.54) is 0 Å². The molecule has 1 aromatic carbocycles. The second-order valence-corrected chi connectivity index (χ2v) is 4.82. The molecular formula is C13H12BrN5. The first-order chi connectivity index (χ1) is 9.13. The Kier molecular flexibility index (Phi) is 3.97. The number of nitrogens with zero attached hydrogens (tertiary/aromatic N) is 3. The fourth-order valence-corrected chi connectivity index (χ4v) is 1.90. The molecular weight excluding hydrogens is 306 g/mol. The zero-order chi connectivity index (χ0) is 13.8. The van der Waals surface area contributed by atoms with Crippen LogP contribution < -0.4 is 10.6 Å². The maximum absolute atomic E-state index is 9.11. The van der Waals surface area contributed by atoms with Crippen LogP contribution in [0.25, 0.3) is 0 Å². The monoisotopic (exact) mass is 317 g/mol. The predicted molar refractivity (Wildman–Crippen MR) is 78.5 cm³/mol. The molecule has 0 radical (unpaired) electrons. The minimum atomic E-state index is 0.529. The molecule has 2 N–H and O–H groups in total. The fourth-order valence-electron chi connectivity index (χ4n) is 1.53. The van der Waals surface area contributed by atoms with Gasteiger partial charge in [0, 0.05) is 23.3 Å². The molecule has 0 atom stereocenters. The molecule has 2 aromatic rings. The number of benzene rings is 1. The summed E-state index contributed by atoms with van der Waals surface area (Å²) in [5, 5.41) is 15.2. The van der Waals surface area contributed by atoms with Crippen LogP contribution in [0, 0.1) is 18.3 Å². The van der Waals surface area contributed by atoms with E-state index < -0.39 is 0 Å². The average Bonchev–Trinajstić information content (AvgIpc) is 2.41. The van der Waals surface area contributed by atoms with Crippen LogP contribution in [0.1, 0.15) is 11.1 Å². The molecule has 0 aliphatic heterocycles. The number of anilines is 3. The molecule has 5 nitrogen and oxygen atoms in total. The number of aryl methyl sites for hydroxylation is 1. The van der Waals surface area contributed by atoms with Gasteiger partial charge in [-0.15, -0.1) is 0 Å². The molecule has 0 spiro atoms. The van der Waals surface area contributed by atoms with Gasteiger partial charge in [-0.05, 0) is 25.1 Å². The van der Waals surface area contributed by atoms with Crippen LogP contribution in [0.4, 0.5) is 17.5 Å². The van der Waals surface area contributed by atoms with Crippen molar-refractivity contribution in [1.82, 2.24) is 9.97 Å². The third-order valence-electron chi connectivity index (χ3n) is 2.55. The molecule has 19 heavy (non-hydrogen) atoms. The van der Waals surface area contributed by atoms with Crippen molar-refractivity contribution in [3.05, 3.63) is 40.0 Å². The van der Waals surface area contributed by atoms with Crippen molar-refractivity contribution in [1.29, 1.82) is 5.26 Å². The van der Waals surface area contributed by atoms with E-state index in [1.54, 1.807) is 19.3 Å². The summed E-state index contributed by atoms with van der Waals surface area (Å²) in [5.74, 6) is 1.20. The van der Waals surface area contributed by atoms with Gasteiger partial charge in [-0.2, -0.15) is 10.2 Å². The van der Waals surface area contributed by atoms with Gasteiger partial charge in [-0.3, -0.25) is 0 Å². The highest BCUT2D eigenvalue weighted by molar-refractivity contribution is 9.10. The fraction of sp³-hybridized carbons (Fsp3) is 0.154. The Bertz CT molecular complexity index is 648. The molecule has 2 rings (SSSR count). The zero-order valence-electron chi connectivity index (χ0n) is 10.5. The van der Waals surface area contributed by atoms with Gasteiger partial charge in [0.15, 0.2) is 0 Å². The van der Waals surface area contributed by atoms with Crippen molar-refractivity contribution in [2.24, 2.45) is 0 Å². The number of aromatic nitrogens is 2. The van der Waals surface area contributed by atoms with E-state index in [4.69, 9.17) is 5.26 Å². The number of hydrogen-bond acceptors (Lipinski definition) is 5. The Hall–Kier alpha value is -2.13. The Morgan fingerprint density at radius 2 is 2.16 bits per heavy atom. The highest BCUT2D eigenvalue weighted by Crippen LogP contribution is 2.25. The lowest BCUT2D eigenvalue weighted by Crippen LogP contribution is -2.03. The molecule has 0 fully saturated rings. The van der Waals surface area contributed by atoms with Crippen LogP contribution in [0.5, 0.6) is 0 Å². The first kappa shape index (κ1) is 13.3.